The van der Waals surface area contributed by atoms with Gasteiger partial charge in [0.1, 0.15) is 6.17 Å². The fourth-order valence-corrected chi connectivity index (χ4v) is 3.56. The number of aliphatic hydroxyl groups excluding tert-OH is 1. The quantitative estimate of drug-likeness (QED) is 0.651. The Labute approximate surface area is 164 Å². The third kappa shape index (κ3) is 5.66. The maximum absolute atomic E-state index is 13.6. The molecule has 0 fully saturated rings. The molecule has 3 nitrogen and oxygen atoms in total. The van der Waals surface area contributed by atoms with Gasteiger partial charge in [-0.15, -0.1) is 0 Å². The Hall–Kier alpha value is -1.69. The van der Waals surface area contributed by atoms with Gasteiger partial charge in [-0.2, -0.15) is 0 Å². The van der Waals surface area contributed by atoms with E-state index in [1.807, 2.05) is 39.0 Å². The minimum absolute atomic E-state index is 0.110. The fraction of sp³-hybridized carbons (Fsp3) is 0.350. The van der Waals surface area contributed by atoms with Crippen molar-refractivity contribution in [1.29, 1.82) is 0 Å². The number of hydrogen-bond donors (Lipinski definition) is 3. The first-order valence-corrected chi connectivity index (χ1v) is 9.25. The topological polar surface area (TPSA) is 44.3 Å². The minimum Gasteiger partial charge on any atom is -0.394 e. The molecule has 0 saturated carbocycles. The Morgan fingerprint density at radius 2 is 2.04 bits per heavy atom. The Bertz CT molecular complexity index is 740. The first kappa shape index (κ1) is 20.6. The van der Waals surface area contributed by atoms with Crippen molar-refractivity contribution in [3.63, 3.8) is 0 Å². The molecule has 0 spiro atoms. The average Bonchev–Trinajstić information content (AvgIpc) is 2.71. The normalized spacial score (nSPS) is 19.1. The van der Waals surface area contributed by atoms with E-state index in [0.29, 0.717) is 10.1 Å². The summed E-state index contributed by atoms with van der Waals surface area (Å²) in [6.07, 6.45) is 5.60. The fourth-order valence-electron chi connectivity index (χ4n) is 2.95. The van der Waals surface area contributed by atoms with Gasteiger partial charge < -0.3 is 15.7 Å². The van der Waals surface area contributed by atoms with Crippen molar-refractivity contribution >= 4 is 28.9 Å². The average molecular weight is 395 g/mol. The molecule has 0 amide bonds. The van der Waals surface area contributed by atoms with Crippen LogP contribution in [0.5, 0.6) is 0 Å². The number of halogens is 2. The van der Waals surface area contributed by atoms with Crippen LogP contribution in [0.15, 0.2) is 53.6 Å². The largest absolute Gasteiger partial charge is 0.394 e. The van der Waals surface area contributed by atoms with Crippen LogP contribution < -0.4 is 10.6 Å². The van der Waals surface area contributed by atoms with Crippen molar-refractivity contribution in [3.05, 3.63) is 69.8 Å². The highest BCUT2D eigenvalue weighted by atomic mass is 35.5. The van der Waals surface area contributed by atoms with Gasteiger partial charge in [0.25, 0.3) is 0 Å². The lowest BCUT2D eigenvalue weighted by molar-refractivity contribution is 0.257. The summed E-state index contributed by atoms with van der Waals surface area (Å²) in [5, 5.41) is 17.1. The number of aliphatic hydroxyl groups is 1. The van der Waals surface area contributed by atoms with Gasteiger partial charge in [0.05, 0.1) is 18.7 Å². The monoisotopic (exact) mass is 394 g/mol. The van der Waals surface area contributed by atoms with Crippen molar-refractivity contribution in [1.82, 2.24) is 10.6 Å². The highest BCUT2D eigenvalue weighted by Crippen LogP contribution is 2.21. The van der Waals surface area contributed by atoms with Gasteiger partial charge in [0.2, 0.25) is 0 Å². The predicted molar refractivity (Wildman–Crippen MR) is 110 cm³/mol. The lowest BCUT2D eigenvalue weighted by Crippen LogP contribution is -2.43. The van der Waals surface area contributed by atoms with Gasteiger partial charge in [-0.1, -0.05) is 29.8 Å². The lowest BCUT2D eigenvalue weighted by atomic mass is 10.0. The molecular formula is C20H24ClFN2OS. The number of nitrogens with one attached hydrogen (secondary N) is 2. The van der Waals surface area contributed by atoms with Crippen LogP contribution in [0.3, 0.4) is 0 Å². The molecule has 2 rings (SSSR count). The first-order valence-electron chi connectivity index (χ1n) is 8.46. The summed E-state index contributed by atoms with van der Waals surface area (Å²) in [6.45, 7) is 5.66. The van der Waals surface area contributed by atoms with E-state index < -0.39 is 6.17 Å². The number of thiocarbonyl (C=S) groups is 1. The molecule has 3 N–H and O–H groups in total. The molecule has 0 saturated heterocycles. The van der Waals surface area contributed by atoms with Crippen LogP contribution in [0.25, 0.3) is 0 Å². The third-order valence-corrected chi connectivity index (χ3v) is 4.66. The summed E-state index contributed by atoms with van der Waals surface area (Å²) in [5.74, 6) is 0. The molecule has 1 aliphatic carbocycles. The highest BCUT2D eigenvalue weighted by molar-refractivity contribution is 7.80. The third-order valence-electron chi connectivity index (χ3n) is 4.20. The molecule has 1 aromatic carbocycles. The minimum atomic E-state index is -1.08. The van der Waals surface area contributed by atoms with Gasteiger partial charge in [0, 0.05) is 5.02 Å². The van der Waals surface area contributed by atoms with Crippen molar-refractivity contribution in [3.8, 4) is 0 Å². The Kier molecular flexibility index (Phi) is 7.38. The van der Waals surface area contributed by atoms with Gasteiger partial charge in [-0.25, -0.2) is 4.39 Å². The van der Waals surface area contributed by atoms with Crippen LogP contribution >= 0.6 is 23.8 Å². The molecule has 6 heteroatoms. The molecule has 1 aliphatic rings. The van der Waals surface area contributed by atoms with E-state index in [2.05, 4.69) is 10.6 Å². The van der Waals surface area contributed by atoms with Crippen LogP contribution in [0, 0.1) is 6.92 Å². The smallest absolute Gasteiger partial charge is 0.167 e. The second-order valence-corrected chi connectivity index (χ2v) is 7.28. The number of benzene rings is 1. The molecule has 0 aromatic heterocycles. The molecule has 0 radical (unpaired) electrons. The Morgan fingerprint density at radius 1 is 1.31 bits per heavy atom. The van der Waals surface area contributed by atoms with E-state index in [0.717, 1.165) is 22.3 Å². The zero-order valence-electron chi connectivity index (χ0n) is 15.1. The molecule has 26 heavy (non-hydrogen) atoms. The molecule has 3 atom stereocenters. The summed E-state index contributed by atoms with van der Waals surface area (Å²) in [6, 6.07) is 5.15. The van der Waals surface area contributed by atoms with Crippen molar-refractivity contribution in [2.75, 3.05) is 6.61 Å². The second kappa shape index (κ2) is 9.31. The van der Waals surface area contributed by atoms with Gasteiger partial charge >= 0.3 is 0 Å². The summed E-state index contributed by atoms with van der Waals surface area (Å²) in [4.78, 5) is 0. The summed E-state index contributed by atoms with van der Waals surface area (Å²) in [7, 11) is 0. The highest BCUT2D eigenvalue weighted by Gasteiger charge is 2.17. The van der Waals surface area contributed by atoms with E-state index in [-0.39, 0.29) is 18.7 Å². The van der Waals surface area contributed by atoms with Crippen molar-refractivity contribution < 1.29 is 9.50 Å². The van der Waals surface area contributed by atoms with Gasteiger partial charge in [-0.05, 0) is 79.5 Å². The lowest BCUT2D eigenvalue weighted by Gasteiger charge is -2.24. The van der Waals surface area contributed by atoms with Gasteiger partial charge in [-0.3, -0.25) is 0 Å². The zero-order valence-corrected chi connectivity index (χ0v) is 16.7. The van der Waals surface area contributed by atoms with Crippen LogP contribution in [-0.2, 0) is 0 Å². The summed E-state index contributed by atoms with van der Waals surface area (Å²) < 4.78 is 13.6. The van der Waals surface area contributed by atoms with Crippen molar-refractivity contribution in [2.24, 2.45) is 0 Å². The van der Waals surface area contributed by atoms with Crippen LogP contribution in [0.1, 0.15) is 31.0 Å². The summed E-state index contributed by atoms with van der Waals surface area (Å²) >= 11 is 11.5. The number of rotatable bonds is 5. The molecular weight excluding hydrogens is 371 g/mol. The Morgan fingerprint density at radius 3 is 2.69 bits per heavy atom. The van der Waals surface area contributed by atoms with E-state index >= 15 is 0 Å². The van der Waals surface area contributed by atoms with E-state index in [1.54, 1.807) is 18.2 Å². The number of allylic oxidation sites excluding steroid dienone is 4. The molecule has 0 aliphatic heterocycles. The van der Waals surface area contributed by atoms with Gasteiger partial charge in [0.15, 0.2) is 5.11 Å². The van der Waals surface area contributed by atoms with Crippen LogP contribution in [0.2, 0.25) is 5.02 Å². The predicted octanol–water partition coefficient (Wildman–Crippen LogP) is 4.32. The van der Waals surface area contributed by atoms with E-state index in [9.17, 15) is 9.50 Å². The van der Waals surface area contributed by atoms with Crippen molar-refractivity contribution in [2.45, 2.75) is 39.0 Å². The van der Waals surface area contributed by atoms with E-state index in [1.165, 1.54) is 6.08 Å². The Balaban J connectivity index is 2.05. The summed E-state index contributed by atoms with van der Waals surface area (Å²) in [5.41, 5.74) is 3.71. The van der Waals surface area contributed by atoms with Crippen LogP contribution in [-0.4, -0.2) is 29.0 Å². The standard InChI is InChI=1S/C20H24ClFN2OS/c1-12-7-15(10-16(21)8-12)19(11-25)24-20(26)23-14(3)18-6-4-5-17(22)9-13(18)2/h4-10,14,17,19,25H,11H2,1-3H3,(H2,23,24,26). The molecule has 0 heterocycles. The number of alkyl halides is 1. The SMILES string of the molecule is CC1=CC(F)C=CC=C1C(C)NC(=S)NC(CO)c1cc(C)cc(Cl)c1. The molecule has 1 aromatic rings. The zero-order chi connectivity index (χ0) is 19.3. The second-order valence-electron chi connectivity index (χ2n) is 6.44. The number of aryl methyl sites for hydroxylation is 1. The maximum atomic E-state index is 13.6. The maximum Gasteiger partial charge on any atom is 0.167 e. The molecule has 140 valence electrons. The first-order chi connectivity index (χ1) is 12.3. The molecule has 0 bridgehead atoms. The van der Waals surface area contributed by atoms with Crippen LogP contribution in [0.4, 0.5) is 4.39 Å². The number of hydrogen-bond acceptors (Lipinski definition) is 2. The van der Waals surface area contributed by atoms with E-state index in [4.69, 9.17) is 23.8 Å². The molecule has 3 unspecified atom stereocenters.